The van der Waals surface area contributed by atoms with Crippen LogP contribution < -0.4 is 5.43 Å². The zero-order chi connectivity index (χ0) is 19.3. The smallest absolute Gasteiger partial charge is 0.276 e. The molecule has 0 aliphatic carbocycles. The first-order valence-corrected chi connectivity index (χ1v) is 7.81. The fraction of sp³-hybridized carbons (Fsp3) is 0.0667. The molecular weight excluding hydrogens is 414 g/mol. The monoisotopic (exact) mass is 419 g/mol. The second-order valence-electron chi connectivity index (χ2n) is 4.65. The van der Waals surface area contributed by atoms with Gasteiger partial charge in [0.2, 0.25) is 0 Å². The number of anilines is 1. The maximum Gasteiger partial charge on any atom is 0.416 e. The number of azo groups is 1. The van der Waals surface area contributed by atoms with Crippen molar-refractivity contribution >= 4 is 52.0 Å². The van der Waals surface area contributed by atoms with Crippen molar-refractivity contribution < 1.29 is 13.2 Å². The number of halogens is 6. The van der Waals surface area contributed by atoms with E-state index in [1.54, 1.807) is 6.07 Å². The lowest BCUT2D eigenvalue weighted by atomic mass is 10.2. The molecule has 2 aromatic carbocycles. The molecule has 0 atom stereocenters. The van der Waals surface area contributed by atoms with Crippen LogP contribution in [-0.2, 0) is 6.18 Å². The highest BCUT2D eigenvalue weighted by atomic mass is 35.5. The zero-order valence-electron chi connectivity index (χ0n) is 12.5. The number of hydrogen-bond acceptors (Lipinski definition) is 4. The van der Waals surface area contributed by atoms with Crippen molar-refractivity contribution in [1.82, 2.24) is 0 Å². The van der Waals surface area contributed by atoms with E-state index in [0.29, 0.717) is 5.02 Å². The molecule has 11 heteroatoms. The molecule has 1 N–H and O–H groups in total. The van der Waals surface area contributed by atoms with Crippen molar-refractivity contribution in [2.45, 2.75) is 6.18 Å². The van der Waals surface area contributed by atoms with Crippen molar-refractivity contribution in [2.24, 2.45) is 15.3 Å². The quantitative estimate of drug-likeness (QED) is 0.260. The van der Waals surface area contributed by atoms with Gasteiger partial charge in [-0.15, -0.1) is 15.3 Å². The number of nitrogens with zero attached hydrogens (tertiary/aromatic N) is 4. The van der Waals surface area contributed by atoms with Crippen molar-refractivity contribution in [3.63, 3.8) is 0 Å². The molecule has 0 unspecified atom stereocenters. The Morgan fingerprint density at radius 1 is 1.04 bits per heavy atom. The minimum atomic E-state index is -4.44. The van der Waals surface area contributed by atoms with Crippen LogP contribution in [0.25, 0.3) is 0 Å². The molecular formula is C15H7Cl3F3N5. The average molecular weight is 421 g/mol. The summed E-state index contributed by atoms with van der Waals surface area (Å²) in [6.45, 7) is 0. The van der Waals surface area contributed by atoms with Crippen LogP contribution >= 0.6 is 34.8 Å². The minimum absolute atomic E-state index is 0.0928. The lowest BCUT2D eigenvalue weighted by Gasteiger charge is -2.07. The highest BCUT2D eigenvalue weighted by Crippen LogP contribution is 2.36. The van der Waals surface area contributed by atoms with E-state index in [4.69, 9.17) is 40.1 Å². The molecule has 0 spiro atoms. The van der Waals surface area contributed by atoms with E-state index in [1.807, 2.05) is 0 Å². The number of nitriles is 1. The van der Waals surface area contributed by atoms with E-state index in [0.717, 1.165) is 24.3 Å². The summed E-state index contributed by atoms with van der Waals surface area (Å²) in [5.41, 5.74) is 1.92. The third-order valence-corrected chi connectivity index (χ3v) is 3.62. The van der Waals surface area contributed by atoms with Gasteiger partial charge in [-0.05, 0) is 36.4 Å². The van der Waals surface area contributed by atoms with E-state index in [2.05, 4.69) is 20.8 Å². The Morgan fingerprint density at radius 2 is 1.62 bits per heavy atom. The lowest BCUT2D eigenvalue weighted by Crippen LogP contribution is -2.04. The second kappa shape index (κ2) is 8.36. The van der Waals surface area contributed by atoms with E-state index in [1.165, 1.54) is 12.1 Å². The van der Waals surface area contributed by atoms with E-state index in [-0.39, 0.29) is 21.4 Å². The molecule has 0 radical (unpaired) electrons. The molecule has 0 aliphatic rings. The van der Waals surface area contributed by atoms with Crippen molar-refractivity contribution in [2.75, 3.05) is 5.43 Å². The molecule has 0 amide bonds. The molecule has 0 fully saturated rings. The normalized spacial score (nSPS) is 12.3. The molecule has 2 aromatic rings. The predicted molar refractivity (Wildman–Crippen MR) is 94.1 cm³/mol. The molecule has 26 heavy (non-hydrogen) atoms. The van der Waals surface area contributed by atoms with Crippen LogP contribution in [0, 0.1) is 11.3 Å². The summed E-state index contributed by atoms with van der Waals surface area (Å²) >= 11 is 17.6. The van der Waals surface area contributed by atoms with Gasteiger partial charge in [-0.2, -0.15) is 18.4 Å². The largest absolute Gasteiger partial charge is 0.416 e. The molecule has 0 aromatic heterocycles. The lowest BCUT2D eigenvalue weighted by molar-refractivity contribution is -0.137. The molecule has 134 valence electrons. The first-order chi connectivity index (χ1) is 12.2. The van der Waals surface area contributed by atoms with E-state index in [9.17, 15) is 13.2 Å². The summed E-state index contributed by atoms with van der Waals surface area (Å²) in [4.78, 5) is 0. The van der Waals surface area contributed by atoms with Gasteiger partial charge in [0.25, 0.3) is 5.84 Å². The first-order valence-electron chi connectivity index (χ1n) is 6.68. The Bertz CT molecular complexity index is 879. The molecule has 0 bridgehead atoms. The third kappa shape index (κ3) is 5.33. The zero-order valence-corrected chi connectivity index (χ0v) is 14.8. The number of nitrogens with one attached hydrogen (secondary N) is 1. The fourth-order valence-corrected chi connectivity index (χ4v) is 2.54. The number of rotatable bonds is 3. The number of hydrogen-bond donors (Lipinski definition) is 1. The van der Waals surface area contributed by atoms with Crippen LogP contribution in [0.1, 0.15) is 5.56 Å². The average Bonchev–Trinajstić information content (AvgIpc) is 2.56. The molecule has 0 aliphatic heterocycles. The SMILES string of the molecule is N#CC(N=Nc1c(Cl)cc(Cl)cc1Cl)=NNc1ccc(C(F)(F)F)cc1. The minimum Gasteiger partial charge on any atom is -0.276 e. The molecule has 2 rings (SSSR count). The van der Waals surface area contributed by atoms with Crippen LogP contribution in [0.3, 0.4) is 0 Å². The van der Waals surface area contributed by atoms with Gasteiger partial charge in [0, 0.05) is 5.02 Å². The van der Waals surface area contributed by atoms with E-state index < -0.39 is 17.6 Å². The summed E-state index contributed by atoms with van der Waals surface area (Å²) in [6.07, 6.45) is -4.44. The Balaban J connectivity index is 2.15. The van der Waals surface area contributed by atoms with E-state index >= 15 is 0 Å². The Hall–Kier alpha value is -2.34. The van der Waals surface area contributed by atoms with Gasteiger partial charge in [0.15, 0.2) is 0 Å². The number of hydrazone groups is 1. The Morgan fingerprint density at radius 3 is 2.12 bits per heavy atom. The fourth-order valence-electron chi connectivity index (χ4n) is 1.65. The van der Waals surface area contributed by atoms with Gasteiger partial charge in [-0.1, -0.05) is 34.8 Å². The molecule has 5 nitrogen and oxygen atoms in total. The summed E-state index contributed by atoms with van der Waals surface area (Å²) < 4.78 is 37.5. The predicted octanol–water partition coefficient (Wildman–Crippen LogP) is 6.70. The van der Waals surface area contributed by atoms with Crippen LogP contribution in [0.4, 0.5) is 24.5 Å². The second-order valence-corrected chi connectivity index (χ2v) is 5.90. The van der Waals surface area contributed by atoms with Gasteiger partial charge < -0.3 is 0 Å². The number of alkyl halides is 3. The first kappa shape index (κ1) is 20.0. The highest BCUT2D eigenvalue weighted by molar-refractivity contribution is 6.41. The summed E-state index contributed by atoms with van der Waals surface area (Å²) in [5, 5.41) is 20.5. The van der Waals surface area contributed by atoms with Gasteiger partial charge >= 0.3 is 6.18 Å². The third-order valence-electron chi connectivity index (χ3n) is 2.83. The van der Waals surface area contributed by atoms with Crippen LogP contribution in [-0.4, -0.2) is 5.84 Å². The van der Waals surface area contributed by atoms with Crippen molar-refractivity contribution in [1.29, 1.82) is 5.26 Å². The van der Waals surface area contributed by atoms with Gasteiger partial charge in [0.1, 0.15) is 11.8 Å². The summed E-state index contributed by atoms with van der Waals surface area (Å²) in [5.74, 6) is -0.396. The molecule has 0 heterocycles. The summed E-state index contributed by atoms with van der Waals surface area (Å²) in [6, 6.07) is 8.52. The molecule has 0 saturated heterocycles. The van der Waals surface area contributed by atoms with Gasteiger partial charge in [-0.3, -0.25) is 5.43 Å². The van der Waals surface area contributed by atoms with Gasteiger partial charge in [0.05, 0.1) is 21.3 Å². The topological polar surface area (TPSA) is 72.9 Å². The Labute approximate surface area is 160 Å². The van der Waals surface area contributed by atoms with Crippen molar-refractivity contribution in [3.8, 4) is 6.07 Å². The van der Waals surface area contributed by atoms with Crippen LogP contribution in [0.15, 0.2) is 51.7 Å². The number of amidine groups is 1. The number of benzene rings is 2. The standard InChI is InChI=1S/C15H7Cl3F3N5/c16-9-5-11(17)14(12(18)6-9)26-25-13(7-22)24-23-10-3-1-8(2-4-10)15(19,20)21/h1-6,23H. The van der Waals surface area contributed by atoms with Crippen LogP contribution in [0.5, 0.6) is 0 Å². The van der Waals surface area contributed by atoms with Gasteiger partial charge in [-0.25, -0.2) is 0 Å². The Kier molecular flexibility index (Phi) is 6.42. The van der Waals surface area contributed by atoms with Crippen molar-refractivity contribution in [3.05, 3.63) is 57.0 Å². The van der Waals surface area contributed by atoms with Crippen LogP contribution in [0.2, 0.25) is 15.1 Å². The highest BCUT2D eigenvalue weighted by Gasteiger charge is 2.29. The maximum atomic E-state index is 12.5. The maximum absolute atomic E-state index is 12.5. The molecule has 0 saturated carbocycles. The summed E-state index contributed by atoms with van der Waals surface area (Å²) in [7, 11) is 0.